The van der Waals surface area contributed by atoms with Crippen LogP contribution in [0, 0.1) is 6.92 Å². The second-order valence-electron chi connectivity index (χ2n) is 10.1. The van der Waals surface area contributed by atoms with Gasteiger partial charge in [0.15, 0.2) is 0 Å². The zero-order chi connectivity index (χ0) is 25.2. The number of rotatable bonds is 5. The Morgan fingerprint density at radius 3 is 2.43 bits per heavy atom. The lowest BCUT2D eigenvalue weighted by atomic mass is 9.92. The molecule has 8 nitrogen and oxygen atoms in total. The maximum Gasteiger partial charge on any atom is 0.324 e. The van der Waals surface area contributed by atoms with Crippen molar-refractivity contribution in [3.8, 4) is 0 Å². The second-order valence-corrected chi connectivity index (χ2v) is 10.1. The maximum absolute atomic E-state index is 12.5. The summed E-state index contributed by atoms with van der Waals surface area (Å²) in [4.78, 5) is 29.2. The minimum atomic E-state index is -0.315. The van der Waals surface area contributed by atoms with Crippen LogP contribution < -0.4 is 15.5 Å². The van der Waals surface area contributed by atoms with E-state index < -0.39 is 0 Å². The summed E-state index contributed by atoms with van der Waals surface area (Å²) in [7, 11) is 1.81. The van der Waals surface area contributed by atoms with Gasteiger partial charge in [-0.3, -0.25) is 24.6 Å². The van der Waals surface area contributed by atoms with Gasteiger partial charge in [-0.05, 0) is 36.2 Å². The zero-order valence-electron chi connectivity index (χ0n) is 21.1. The number of para-hydroxylation sites is 1. The Bertz CT molecular complexity index is 1210. The van der Waals surface area contributed by atoms with E-state index in [1.54, 1.807) is 4.68 Å². The van der Waals surface area contributed by atoms with Crippen molar-refractivity contribution in [3.05, 3.63) is 71.4 Å². The lowest BCUT2D eigenvalue weighted by Gasteiger charge is -2.36. The summed E-state index contributed by atoms with van der Waals surface area (Å²) in [5.41, 5.74) is 4.71. The Hall–Kier alpha value is -3.65. The molecule has 35 heavy (non-hydrogen) atoms. The van der Waals surface area contributed by atoms with Crippen molar-refractivity contribution in [2.24, 2.45) is 7.05 Å². The number of carbonyl (C=O) groups excluding carboxylic acids is 2. The number of benzene rings is 2. The molecule has 2 N–H and O–H groups in total. The van der Waals surface area contributed by atoms with Crippen molar-refractivity contribution >= 4 is 29.1 Å². The van der Waals surface area contributed by atoms with Gasteiger partial charge in [-0.1, -0.05) is 51.1 Å². The van der Waals surface area contributed by atoms with E-state index in [0.29, 0.717) is 24.6 Å². The van der Waals surface area contributed by atoms with Crippen molar-refractivity contribution in [2.45, 2.75) is 46.1 Å². The molecule has 0 saturated carbocycles. The molecule has 184 valence electrons. The van der Waals surface area contributed by atoms with Gasteiger partial charge in [0.1, 0.15) is 5.82 Å². The van der Waals surface area contributed by atoms with Crippen LogP contribution in [0.1, 0.15) is 44.0 Å². The molecule has 3 amide bonds. The number of amides is 3. The molecule has 8 heteroatoms. The first-order valence-electron chi connectivity index (χ1n) is 11.9. The number of hydrogen-bond acceptors (Lipinski definition) is 4. The van der Waals surface area contributed by atoms with Crippen molar-refractivity contribution in [2.75, 3.05) is 28.7 Å². The van der Waals surface area contributed by atoms with E-state index in [0.717, 1.165) is 35.6 Å². The molecular weight excluding hydrogens is 440 g/mol. The Kier molecular flexibility index (Phi) is 6.93. The van der Waals surface area contributed by atoms with Gasteiger partial charge in [-0.15, -0.1) is 0 Å². The van der Waals surface area contributed by atoms with Crippen LogP contribution in [-0.4, -0.2) is 39.8 Å². The van der Waals surface area contributed by atoms with Gasteiger partial charge in [-0.2, -0.15) is 5.10 Å². The Morgan fingerprint density at radius 1 is 1.06 bits per heavy atom. The highest BCUT2D eigenvalue weighted by atomic mass is 16.2. The van der Waals surface area contributed by atoms with Crippen molar-refractivity contribution in [1.82, 2.24) is 14.7 Å². The van der Waals surface area contributed by atoms with E-state index in [-0.39, 0.29) is 17.4 Å². The summed E-state index contributed by atoms with van der Waals surface area (Å²) in [5.74, 6) is 0.797. The van der Waals surface area contributed by atoms with E-state index in [9.17, 15) is 9.59 Å². The quantitative estimate of drug-likeness (QED) is 0.553. The lowest BCUT2D eigenvalue weighted by molar-refractivity contribution is -0.121. The third kappa shape index (κ3) is 5.89. The van der Waals surface area contributed by atoms with Crippen LogP contribution in [0.5, 0.6) is 0 Å². The maximum atomic E-state index is 12.5. The standard InChI is InChI=1S/C27H34N6O2/c1-19-8-6-7-9-22(19)33-18-32(15-14-25(33)34)17-20-10-12-21(13-11-20)28-26(35)29-24-16-23(27(2,3)4)30-31(24)5/h6-13,16H,14-15,17-18H2,1-5H3,(H2,28,29,35). The van der Waals surface area contributed by atoms with E-state index in [1.165, 1.54) is 0 Å². The lowest BCUT2D eigenvalue weighted by Crippen LogP contribution is -2.48. The molecule has 0 atom stereocenters. The molecule has 1 saturated heterocycles. The SMILES string of the molecule is Cc1ccccc1N1CN(Cc2ccc(NC(=O)Nc3cc(C(C)(C)C)nn3C)cc2)CCC1=O. The highest BCUT2D eigenvalue weighted by Crippen LogP contribution is 2.25. The fourth-order valence-electron chi connectivity index (χ4n) is 4.13. The number of anilines is 3. The van der Waals surface area contributed by atoms with Crippen LogP contribution in [0.2, 0.25) is 0 Å². The number of urea groups is 1. The molecule has 1 aromatic heterocycles. The van der Waals surface area contributed by atoms with E-state index in [4.69, 9.17) is 0 Å². The first kappa shape index (κ1) is 24.5. The van der Waals surface area contributed by atoms with Crippen molar-refractivity contribution < 1.29 is 9.59 Å². The Morgan fingerprint density at radius 2 is 1.77 bits per heavy atom. The van der Waals surface area contributed by atoms with Crippen LogP contribution in [0.15, 0.2) is 54.6 Å². The van der Waals surface area contributed by atoms with Crippen molar-refractivity contribution in [3.63, 3.8) is 0 Å². The fraction of sp³-hybridized carbons (Fsp3) is 0.370. The summed E-state index contributed by atoms with van der Waals surface area (Å²) in [6.07, 6.45) is 0.499. The normalized spacial score (nSPS) is 14.8. The smallest absolute Gasteiger partial charge is 0.308 e. The monoisotopic (exact) mass is 474 g/mol. The number of carbonyl (C=O) groups is 2. The molecule has 2 heterocycles. The number of nitrogens with one attached hydrogen (secondary N) is 2. The van der Waals surface area contributed by atoms with Crippen LogP contribution in [-0.2, 0) is 23.8 Å². The first-order chi connectivity index (χ1) is 16.6. The molecule has 0 radical (unpaired) electrons. The van der Waals surface area contributed by atoms with Gasteiger partial charge in [-0.25, -0.2) is 4.79 Å². The molecule has 4 rings (SSSR count). The molecule has 0 aliphatic carbocycles. The fourth-order valence-corrected chi connectivity index (χ4v) is 4.13. The summed E-state index contributed by atoms with van der Waals surface area (Å²) in [6.45, 7) is 10.3. The third-order valence-corrected chi connectivity index (χ3v) is 6.20. The second kappa shape index (κ2) is 9.92. The summed E-state index contributed by atoms with van der Waals surface area (Å²) >= 11 is 0. The van der Waals surface area contributed by atoms with Crippen molar-refractivity contribution in [1.29, 1.82) is 0 Å². The first-order valence-corrected chi connectivity index (χ1v) is 11.9. The van der Waals surface area contributed by atoms with E-state index >= 15 is 0 Å². The topological polar surface area (TPSA) is 82.5 Å². The summed E-state index contributed by atoms with van der Waals surface area (Å²) < 4.78 is 1.67. The van der Waals surface area contributed by atoms with Crippen LogP contribution >= 0.6 is 0 Å². The van der Waals surface area contributed by atoms with Crippen LogP contribution in [0.3, 0.4) is 0 Å². The number of nitrogens with zero attached hydrogens (tertiary/aromatic N) is 4. The van der Waals surface area contributed by atoms with Crippen LogP contribution in [0.25, 0.3) is 0 Å². The van der Waals surface area contributed by atoms with Gasteiger partial charge in [0.2, 0.25) is 5.91 Å². The van der Waals surface area contributed by atoms with Gasteiger partial charge < -0.3 is 5.32 Å². The van der Waals surface area contributed by atoms with E-state index in [2.05, 4.69) is 41.4 Å². The van der Waals surface area contributed by atoms with E-state index in [1.807, 2.05) is 73.5 Å². The highest BCUT2D eigenvalue weighted by Gasteiger charge is 2.26. The van der Waals surface area contributed by atoms with Gasteiger partial charge in [0, 0.05) is 49.4 Å². The predicted octanol–water partition coefficient (Wildman–Crippen LogP) is 4.87. The van der Waals surface area contributed by atoms with Gasteiger partial charge in [0.05, 0.1) is 12.4 Å². The minimum absolute atomic E-state index is 0.0946. The average Bonchev–Trinajstić information content (AvgIpc) is 3.17. The highest BCUT2D eigenvalue weighted by molar-refractivity contribution is 5.99. The number of hydrogen-bond donors (Lipinski definition) is 2. The minimum Gasteiger partial charge on any atom is -0.308 e. The molecule has 0 unspecified atom stereocenters. The predicted molar refractivity (Wildman–Crippen MR) is 140 cm³/mol. The average molecular weight is 475 g/mol. The molecule has 1 aliphatic heterocycles. The zero-order valence-corrected chi connectivity index (χ0v) is 21.1. The summed E-state index contributed by atoms with van der Waals surface area (Å²) in [6, 6.07) is 17.4. The molecule has 1 fully saturated rings. The molecule has 1 aliphatic rings. The van der Waals surface area contributed by atoms with Gasteiger partial charge >= 0.3 is 6.03 Å². The molecule has 0 spiro atoms. The van der Waals surface area contributed by atoms with Crippen LogP contribution in [0.4, 0.5) is 22.0 Å². The molecule has 0 bridgehead atoms. The third-order valence-electron chi connectivity index (χ3n) is 6.20. The Labute approximate surface area is 206 Å². The number of aromatic nitrogens is 2. The molecule has 3 aromatic rings. The number of aryl methyl sites for hydroxylation is 2. The Balaban J connectivity index is 1.34. The largest absolute Gasteiger partial charge is 0.324 e. The van der Waals surface area contributed by atoms with Gasteiger partial charge in [0.25, 0.3) is 0 Å². The molecular formula is C27H34N6O2. The molecule has 2 aromatic carbocycles. The summed E-state index contributed by atoms with van der Waals surface area (Å²) in [5, 5.41) is 10.2.